The van der Waals surface area contributed by atoms with Gasteiger partial charge in [0.2, 0.25) is 5.91 Å². The van der Waals surface area contributed by atoms with E-state index in [1.165, 1.54) is 33.9 Å². The number of fused-ring (bicyclic) bond motifs is 1. The Hall–Kier alpha value is -4.06. The summed E-state index contributed by atoms with van der Waals surface area (Å²) in [6.07, 6.45) is 6.62. The predicted octanol–water partition coefficient (Wildman–Crippen LogP) is 3.01. The number of ether oxygens (including phenoxy) is 1. The molecule has 0 radical (unpaired) electrons. The van der Waals surface area contributed by atoms with Crippen LogP contribution in [0.1, 0.15) is 44.3 Å². The molecular formula is C28H31FN6O5. The van der Waals surface area contributed by atoms with E-state index in [1.807, 2.05) is 11.8 Å². The summed E-state index contributed by atoms with van der Waals surface area (Å²) in [6.45, 7) is 2.74. The van der Waals surface area contributed by atoms with Crippen molar-refractivity contribution in [2.75, 3.05) is 13.1 Å². The van der Waals surface area contributed by atoms with Crippen LogP contribution in [0.5, 0.6) is 5.88 Å². The molecule has 1 aliphatic heterocycles. The highest BCUT2D eigenvalue weighted by molar-refractivity contribution is 5.79. The maximum absolute atomic E-state index is 13.3. The van der Waals surface area contributed by atoms with Crippen LogP contribution in [0.25, 0.3) is 16.7 Å². The third-order valence-electron chi connectivity index (χ3n) is 8.01. The fourth-order valence-corrected chi connectivity index (χ4v) is 5.71. The Morgan fingerprint density at radius 2 is 1.90 bits per heavy atom. The van der Waals surface area contributed by atoms with Gasteiger partial charge in [-0.2, -0.15) is 5.10 Å². The van der Waals surface area contributed by atoms with Crippen molar-refractivity contribution in [2.24, 2.45) is 5.92 Å². The van der Waals surface area contributed by atoms with E-state index in [1.54, 1.807) is 18.2 Å². The summed E-state index contributed by atoms with van der Waals surface area (Å²) in [5, 5.41) is 19.8. The number of halogens is 1. The third-order valence-corrected chi connectivity index (χ3v) is 8.01. The zero-order valence-electron chi connectivity index (χ0n) is 22.2. The van der Waals surface area contributed by atoms with Crippen molar-refractivity contribution < 1.29 is 23.6 Å². The molecule has 0 atom stereocenters. The molecule has 1 amide bonds. The van der Waals surface area contributed by atoms with Gasteiger partial charge < -0.3 is 19.3 Å². The smallest absolute Gasteiger partial charge is 0.264 e. The zero-order valence-corrected chi connectivity index (χ0v) is 22.2. The molecule has 40 heavy (non-hydrogen) atoms. The van der Waals surface area contributed by atoms with Crippen molar-refractivity contribution in [3.63, 3.8) is 0 Å². The van der Waals surface area contributed by atoms with Crippen molar-refractivity contribution in [1.29, 1.82) is 0 Å². The number of aliphatic hydroxyl groups is 1. The van der Waals surface area contributed by atoms with Crippen LogP contribution >= 0.6 is 0 Å². The quantitative estimate of drug-likeness (QED) is 0.388. The van der Waals surface area contributed by atoms with Crippen LogP contribution in [0.4, 0.5) is 4.39 Å². The third kappa shape index (κ3) is 5.23. The number of piperidine rings is 1. The van der Waals surface area contributed by atoms with E-state index in [0.29, 0.717) is 54.3 Å². The summed E-state index contributed by atoms with van der Waals surface area (Å²) >= 11 is 0. The number of amides is 1. The largest absolute Gasteiger partial charge is 0.472 e. The van der Waals surface area contributed by atoms with Crippen molar-refractivity contribution in [3.05, 3.63) is 64.8 Å². The molecule has 1 saturated carbocycles. The Morgan fingerprint density at radius 3 is 2.58 bits per heavy atom. The first-order valence-corrected chi connectivity index (χ1v) is 13.6. The average molecular weight is 551 g/mol. The number of likely N-dealkylation sites (tertiary alicyclic amines) is 1. The molecule has 1 N–H and O–H groups in total. The van der Waals surface area contributed by atoms with Gasteiger partial charge in [-0.25, -0.2) is 14.1 Å². The minimum atomic E-state index is -1.13. The van der Waals surface area contributed by atoms with Gasteiger partial charge in [0.15, 0.2) is 5.65 Å². The van der Waals surface area contributed by atoms with E-state index in [0.717, 1.165) is 25.7 Å². The normalized spacial score (nSPS) is 21.0. The van der Waals surface area contributed by atoms with Crippen LogP contribution in [0, 0.1) is 18.7 Å². The minimum absolute atomic E-state index is 0.0204. The van der Waals surface area contributed by atoms with Crippen molar-refractivity contribution in [2.45, 2.75) is 63.7 Å². The van der Waals surface area contributed by atoms with E-state index in [9.17, 15) is 19.1 Å². The Morgan fingerprint density at radius 1 is 1.18 bits per heavy atom. The molecule has 2 fully saturated rings. The molecule has 210 valence electrons. The molecule has 0 spiro atoms. The van der Waals surface area contributed by atoms with Crippen molar-refractivity contribution in [3.8, 4) is 11.6 Å². The SMILES string of the molecule is Cc1cc(O[C@H]2CC[C@H](C(=O)N3CCC(O)(Cn4cnc5c(cnn5-c5ccc(F)cc5)c4=O)CC3)CC2)no1. The Bertz CT molecular complexity index is 1560. The monoisotopic (exact) mass is 550 g/mol. The predicted molar refractivity (Wildman–Crippen MR) is 141 cm³/mol. The number of hydrogen-bond donors (Lipinski definition) is 1. The standard InChI is InChI=1S/C28H31FN6O5/c1-18-14-24(32-40-18)39-22-8-2-19(3-9-22)26(36)33-12-10-28(38,11-13-33)16-34-17-30-25-23(27(34)37)15-31-35(25)21-6-4-20(29)5-7-21/h4-7,14-15,17,19,22,38H,2-3,8-13,16H2,1H3/t19-,22-. The second kappa shape index (κ2) is 10.5. The first kappa shape index (κ1) is 26.2. The van der Waals surface area contributed by atoms with Gasteiger partial charge in [-0.3, -0.25) is 14.2 Å². The zero-order chi connectivity index (χ0) is 27.9. The van der Waals surface area contributed by atoms with Crippen molar-refractivity contribution >= 4 is 16.9 Å². The molecule has 1 aromatic carbocycles. The maximum Gasteiger partial charge on any atom is 0.264 e. The first-order chi connectivity index (χ1) is 19.3. The molecule has 1 aliphatic carbocycles. The van der Waals surface area contributed by atoms with E-state index in [-0.39, 0.29) is 35.9 Å². The van der Waals surface area contributed by atoms with Crippen LogP contribution in [-0.2, 0) is 11.3 Å². The minimum Gasteiger partial charge on any atom is -0.472 e. The Labute approximate surface area is 229 Å². The molecule has 1 saturated heterocycles. The van der Waals surface area contributed by atoms with Gasteiger partial charge in [-0.05, 0) is 74.9 Å². The van der Waals surface area contributed by atoms with Crippen LogP contribution < -0.4 is 10.3 Å². The molecule has 3 aromatic heterocycles. The number of benzene rings is 1. The first-order valence-electron chi connectivity index (χ1n) is 13.6. The fourth-order valence-electron chi connectivity index (χ4n) is 5.71. The van der Waals surface area contributed by atoms with E-state index in [4.69, 9.17) is 9.26 Å². The van der Waals surface area contributed by atoms with Crippen LogP contribution in [0.3, 0.4) is 0 Å². The molecule has 0 bridgehead atoms. The Kier molecular flexibility index (Phi) is 6.87. The van der Waals surface area contributed by atoms with Crippen LogP contribution in [0.2, 0.25) is 0 Å². The lowest BCUT2D eigenvalue weighted by Gasteiger charge is -2.40. The van der Waals surface area contributed by atoms with Crippen molar-refractivity contribution in [1.82, 2.24) is 29.4 Å². The van der Waals surface area contributed by atoms with Crippen LogP contribution in [0.15, 0.2) is 52.2 Å². The van der Waals surface area contributed by atoms with Gasteiger partial charge >= 0.3 is 0 Å². The number of rotatable bonds is 6. The van der Waals surface area contributed by atoms with Gasteiger partial charge in [-0.15, -0.1) is 0 Å². The highest BCUT2D eigenvalue weighted by Crippen LogP contribution is 2.31. The van der Waals surface area contributed by atoms with Gasteiger partial charge in [0.25, 0.3) is 11.4 Å². The number of nitrogens with zero attached hydrogens (tertiary/aromatic N) is 6. The number of aryl methyl sites for hydroxylation is 1. The van der Waals surface area contributed by atoms with Gasteiger partial charge in [-0.1, -0.05) is 0 Å². The maximum atomic E-state index is 13.3. The second-order valence-electron chi connectivity index (χ2n) is 10.9. The summed E-state index contributed by atoms with van der Waals surface area (Å²) in [5.41, 5.74) is -0.506. The summed E-state index contributed by atoms with van der Waals surface area (Å²) in [7, 11) is 0. The molecule has 0 unspecified atom stereocenters. The summed E-state index contributed by atoms with van der Waals surface area (Å²) in [6, 6.07) is 7.52. The topological polar surface area (TPSA) is 129 Å². The molecule has 11 nitrogen and oxygen atoms in total. The van der Waals surface area contributed by atoms with Crippen LogP contribution in [-0.4, -0.2) is 65.2 Å². The summed E-state index contributed by atoms with van der Waals surface area (Å²) < 4.78 is 27.1. The fraction of sp³-hybridized carbons (Fsp3) is 0.464. The van der Waals surface area contributed by atoms with Gasteiger partial charge in [0.05, 0.1) is 24.0 Å². The van der Waals surface area contributed by atoms with E-state index in [2.05, 4.69) is 15.2 Å². The van der Waals surface area contributed by atoms with Gasteiger partial charge in [0, 0.05) is 25.1 Å². The molecule has 12 heteroatoms. The van der Waals surface area contributed by atoms with Gasteiger partial charge in [0.1, 0.15) is 29.4 Å². The average Bonchev–Trinajstić information content (AvgIpc) is 3.57. The lowest BCUT2D eigenvalue weighted by atomic mass is 9.85. The molecule has 4 aromatic rings. The number of hydrogen-bond acceptors (Lipinski definition) is 8. The molecular weight excluding hydrogens is 519 g/mol. The van der Waals surface area contributed by atoms with E-state index >= 15 is 0 Å². The molecule has 6 rings (SSSR count). The number of carbonyl (C=O) groups is 1. The van der Waals surface area contributed by atoms with E-state index < -0.39 is 5.60 Å². The second-order valence-corrected chi connectivity index (χ2v) is 10.9. The highest BCUT2D eigenvalue weighted by atomic mass is 19.1. The molecule has 4 heterocycles. The highest BCUT2D eigenvalue weighted by Gasteiger charge is 2.37. The number of carbonyl (C=O) groups excluding carboxylic acids is 1. The Balaban J connectivity index is 1.05. The lowest BCUT2D eigenvalue weighted by Crippen LogP contribution is -2.51. The summed E-state index contributed by atoms with van der Waals surface area (Å²) in [4.78, 5) is 32.6. The lowest BCUT2D eigenvalue weighted by molar-refractivity contribution is -0.141. The number of aromatic nitrogens is 5. The summed E-state index contributed by atoms with van der Waals surface area (Å²) in [5.74, 6) is 0.872. The molecule has 2 aliphatic rings.